The normalized spacial score (nSPS) is 15.3. The molecule has 0 amide bonds. The highest BCUT2D eigenvalue weighted by atomic mass is 15.3. The first-order valence-electron chi connectivity index (χ1n) is 3.93. The smallest absolute Gasteiger partial charge is 0.0795 e. The number of hydrogen-bond acceptors (Lipinski definition) is 1. The molecule has 1 N–H and O–H groups in total. The van der Waals surface area contributed by atoms with Gasteiger partial charge in [-0.15, -0.1) is 0 Å². The summed E-state index contributed by atoms with van der Waals surface area (Å²) < 4.78 is 1.06. The summed E-state index contributed by atoms with van der Waals surface area (Å²) in [5.41, 5.74) is 0. The van der Waals surface area contributed by atoms with Crippen molar-refractivity contribution >= 4 is 0 Å². The molecule has 0 aromatic heterocycles. The molecule has 1 atom stereocenters. The van der Waals surface area contributed by atoms with Gasteiger partial charge in [-0.1, -0.05) is 0 Å². The Kier molecular flexibility index (Phi) is 3.91. The van der Waals surface area contributed by atoms with Gasteiger partial charge in [0.15, 0.2) is 0 Å². The van der Waals surface area contributed by atoms with Crippen molar-refractivity contribution in [1.29, 1.82) is 0 Å². The van der Waals surface area contributed by atoms with E-state index in [0.29, 0.717) is 6.04 Å². The summed E-state index contributed by atoms with van der Waals surface area (Å²) in [6.07, 6.45) is 1.25. The van der Waals surface area contributed by atoms with E-state index in [0.717, 1.165) is 4.48 Å². The number of quaternary nitrogens is 1. The number of hydrogen-bond donors (Lipinski definition) is 1. The van der Waals surface area contributed by atoms with Crippen molar-refractivity contribution in [1.82, 2.24) is 5.32 Å². The summed E-state index contributed by atoms with van der Waals surface area (Å²) in [5, 5.41) is 3.23. The predicted octanol–water partition coefficient (Wildman–Crippen LogP) is 0.691. The molecule has 0 heterocycles. The number of nitrogens with one attached hydrogen (secondary N) is 1. The Morgan fingerprint density at radius 2 is 1.80 bits per heavy atom. The summed E-state index contributed by atoms with van der Waals surface area (Å²) in [5.74, 6) is 0. The van der Waals surface area contributed by atoms with Crippen LogP contribution in [0.2, 0.25) is 0 Å². The molecule has 1 unspecified atom stereocenters. The number of nitrogens with zero attached hydrogens (tertiary/aromatic N) is 1. The molecule has 0 aliphatic rings. The Bertz CT molecular complexity index is 83.7. The Hall–Kier alpha value is -0.0800. The lowest BCUT2D eigenvalue weighted by Gasteiger charge is -2.25. The maximum atomic E-state index is 3.23. The van der Waals surface area contributed by atoms with Gasteiger partial charge in [-0.05, 0) is 14.0 Å². The molecule has 0 aromatic carbocycles. The van der Waals surface area contributed by atoms with Gasteiger partial charge < -0.3 is 9.80 Å². The van der Waals surface area contributed by atoms with Gasteiger partial charge >= 0.3 is 0 Å². The molecule has 10 heavy (non-hydrogen) atoms. The second kappa shape index (κ2) is 3.94. The molecule has 0 spiro atoms. The molecule has 0 saturated heterocycles. The molecule has 0 aliphatic heterocycles. The van der Waals surface area contributed by atoms with Gasteiger partial charge in [0.2, 0.25) is 0 Å². The van der Waals surface area contributed by atoms with Crippen LogP contribution in [0.1, 0.15) is 13.3 Å². The van der Waals surface area contributed by atoms with E-state index in [1.807, 2.05) is 7.05 Å². The van der Waals surface area contributed by atoms with E-state index in [-0.39, 0.29) is 0 Å². The summed E-state index contributed by atoms with van der Waals surface area (Å²) >= 11 is 0. The van der Waals surface area contributed by atoms with E-state index in [9.17, 15) is 0 Å². The Balaban J connectivity index is 3.36. The van der Waals surface area contributed by atoms with Crippen molar-refractivity contribution in [3.63, 3.8) is 0 Å². The van der Waals surface area contributed by atoms with Crippen LogP contribution in [0.4, 0.5) is 0 Å². The van der Waals surface area contributed by atoms with Gasteiger partial charge in [0.25, 0.3) is 0 Å². The summed E-state index contributed by atoms with van der Waals surface area (Å²) in [6.45, 7) is 3.46. The second-order valence-electron chi connectivity index (χ2n) is 3.99. The molecule has 0 rings (SSSR count). The maximum Gasteiger partial charge on any atom is 0.0795 e. The third-order valence-corrected chi connectivity index (χ3v) is 1.73. The first kappa shape index (κ1) is 9.92. The SMILES string of the molecule is CNC(C)CC[N+](C)(C)C. The van der Waals surface area contributed by atoms with Crippen LogP contribution in [0.15, 0.2) is 0 Å². The predicted molar refractivity (Wildman–Crippen MR) is 46.0 cm³/mol. The lowest BCUT2D eigenvalue weighted by Crippen LogP contribution is -2.38. The van der Waals surface area contributed by atoms with Crippen LogP contribution in [0.5, 0.6) is 0 Å². The molecule has 0 fully saturated rings. The van der Waals surface area contributed by atoms with Crippen LogP contribution in [0, 0.1) is 0 Å². The Morgan fingerprint density at radius 1 is 1.30 bits per heavy atom. The fourth-order valence-electron chi connectivity index (χ4n) is 0.725. The van der Waals surface area contributed by atoms with Crippen LogP contribution >= 0.6 is 0 Å². The minimum atomic E-state index is 0.650. The zero-order valence-electron chi connectivity index (χ0n) is 7.94. The monoisotopic (exact) mass is 145 g/mol. The minimum Gasteiger partial charge on any atom is -0.331 e. The molecule has 0 aliphatic carbocycles. The zero-order chi connectivity index (χ0) is 8.20. The van der Waals surface area contributed by atoms with Crippen molar-refractivity contribution in [3.05, 3.63) is 0 Å². The third kappa shape index (κ3) is 6.05. The largest absolute Gasteiger partial charge is 0.331 e. The van der Waals surface area contributed by atoms with E-state index in [4.69, 9.17) is 0 Å². The highest BCUT2D eigenvalue weighted by molar-refractivity contribution is 4.54. The van der Waals surface area contributed by atoms with Gasteiger partial charge in [-0.25, -0.2) is 0 Å². The van der Waals surface area contributed by atoms with Gasteiger partial charge in [0.1, 0.15) is 0 Å². The molecule has 2 heteroatoms. The molecular formula is C8H21N2+. The fourth-order valence-corrected chi connectivity index (χ4v) is 0.725. The topological polar surface area (TPSA) is 12.0 Å². The Morgan fingerprint density at radius 3 is 2.10 bits per heavy atom. The average molecular weight is 145 g/mol. The van der Waals surface area contributed by atoms with Gasteiger partial charge in [0, 0.05) is 12.5 Å². The molecule has 0 bridgehead atoms. The highest BCUT2D eigenvalue weighted by Crippen LogP contribution is 1.96. The summed E-state index contributed by atoms with van der Waals surface area (Å²) in [7, 11) is 8.69. The standard InChI is InChI=1S/C8H21N2/c1-8(9-2)6-7-10(3,4)5/h8-9H,6-7H2,1-5H3/q+1. The third-order valence-electron chi connectivity index (χ3n) is 1.73. The van der Waals surface area contributed by atoms with Crippen molar-refractivity contribution in [2.45, 2.75) is 19.4 Å². The van der Waals surface area contributed by atoms with Crippen LogP contribution in [-0.2, 0) is 0 Å². The molecule has 2 nitrogen and oxygen atoms in total. The molecule has 0 saturated carbocycles. The van der Waals surface area contributed by atoms with Crippen LogP contribution < -0.4 is 5.32 Å². The molecule has 62 valence electrons. The molecule has 0 aromatic rings. The van der Waals surface area contributed by atoms with Crippen LogP contribution in [-0.4, -0.2) is 45.3 Å². The second-order valence-corrected chi connectivity index (χ2v) is 3.99. The highest BCUT2D eigenvalue weighted by Gasteiger charge is 2.08. The van der Waals surface area contributed by atoms with Crippen molar-refractivity contribution in [2.24, 2.45) is 0 Å². The van der Waals surface area contributed by atoms with Crippen molar-refractivity contribution in [3.8, 4) is 0 Å². The van der Waals surface area contributed by atoms with E-state index in [1.54, 1.807) is 0 Å². The Labute approximate surface area is 64.8 Å². The lowest BCUT2D eigenvalue weighted by molar-refractivity contribution is -0.870. The summed E-state index contributed by atoms with van der Waals surface area (Å²) in [4.78, 5) is 0. The van der Waals surface area contributed by atoms with E-state index in [2.05, 4.69) is 33.4 Å². The van der Waals surface area contributed by atoms with Gasteiger partial charge in [-0.3, -0.25) is 0 Å². The maximum absolute atomic E-state index is 3.23. The van der Waals surface area contributed by atoms with Gasteiger partial charge in [0.05, 0.1) is 27.7 Å². The fraction of sp³-hybridized carbons (Fsp3) is 1.00. The van der Waals surface area contributed by atoms with Crippen molar-refractivity contribution in [2.75, 3.05) is 34.7 Å². The van der Waals surface area contributed by atoms with E-state index >= 15 is 0 Å². The summed E-state index contributed by atoms with van der Waals surface area (Å²) in [6, 6.07) is 0.650. The van der Waals surface area contributed by atoms with Gasteiger partial charge in [-0.2, -0.15) is 0 Å². The minimum absolute atomic E-state index is 0.650. The van der Waals surface area contributed by atoms with Crippen LogP contribution in [0.25, 0.3) is 0 Å². The van der Waals surface area contributed by atoms with E-state index < -0.39 is 0 Å². The quantitative estimate of drug-likeness (QED) is 0.574. The average Bonchev–Trinajstić information content (AvgIpc) is 1.81. The van der Waals surface area contributed by atoms with E-state index in [1.165, 1.54) is 13.0 Å². The zero-order valence-corrected chi connectivity index (χ0v) is 7.94. The first-order chi connectivity index (χ1) is 4.45. The number of rotatable bonds is 4. The molecule has 0 radical (unpaired) electrons. The van der Waals surface area contributed by atoms with Crippen molar-refractivity contribution < 1.29 is 4.48 Å². The first-order valence-corrected chi connectivity index (χ1v) is 3.93. The molecular weight excluding hydrogens is 124 g/mol. The lowest BCUT2D eigenvalue weighted by atomic mass is 10.2. The van der Waals surface area contributed by atoms with Crippen LogP contribution in [0.3, 0.4) is 0 Å².